The van der Waals surface area contributed by atoms with Crippen LogP contribution in [0.2, 0.25) is 10.0 Å². The van der Waals surface area contributed by atoms with Gasteiger partial charge in [0.2, 0.25) is 0 Å². The first-order chi connectivity index (χ1) is 14.8. The van der Waals surface area contributed by atoms with Crippen molar-refractivity contribution in [2.75, 3.05) is 5.32 Å². The number of halogens is 5. The molecule has 0 aliphatic carbocycles. The number of nitrogens with zero attached hydrogens (tertiary/aromatic N) is 2. The van der Waals surface area contributed by atoms with Crippen LogP contribution in [0.25, 0.3) is 10.8 Å². The average molecular weight is 488 g/mol. The Balaban J connectivity index is 2.45. The molecule has 0 fully saturated rings. The van der Waals surface area contributed by atoms with E-state index in [0.29, 0.717) is 21.4 Å². The molecule has 3 aromatic rings. The largest absolute Gasteiger partial charge is 0.418 e. The van der Waals surface area contributed by atoms with Crippen LogP contribution in [0.15, 0.2) is 36.4 Å². The molecule has 168 valence electrons. The van der Waals surface area contributed by atoms with E-state index in [1.165, 1.54) is 0 Å². The van der Waals surface area contributed by atoms with Gasteiger partial charge in [0, 0.05) is 21.9 Å². The van der Waals surface area contributed by atoms with Crippen molar-refractivity contribution in [3.8, 4) is 0 Å². The summed E-state index contributed by atoms with van der Waals surface area (Å²) >= 11 is 12.2. The molecule has 7 nitrogen and oxygen atoms in total. The summed E-state index contributed by atoms with van der Waals surface area (Å²) in [6, 6.07) is 8.30. The number of fused-ring (bicyclic) bond motifs is 1. The fourth-order valence-corrected chi connectivity index (χ4v) is 3.93. The predicted molar refractivity (Wildman–Crippen MR) is 116 cm³/mol. The predicted octanol–water partition coefficient (Wildman–Crippen LogP) is 7.85. The lowest BCUT2D eigenvalue weighted by Gasteiger charge is -2.21. The van der Waals surface area contributed by atoms with E-state index in [9.17, 15) is 33.4 Å². The molecule has 3 rings (SSSR count). The normalized spacial score (nSPS) is 11.8. The summed E-state index contributed by atoms with van der Waals surface area (Å²) in [4.78, 5) is 20.5. The zero-order valence-corrected chi connectivity index (χ0v) is 18.0. The Hall–Kier alpha value is -3.11. The Morgan fingerprint density at radius 1 is 0.969 bits per heavy atom. The molecule has 0 saturated carbocycles. The Labute approximate surface area is 189 Å². The quantitative estimate of drug-likeness (QED) is 0.291. The Bertz CT molecular complexity index is 1260. The van der Waals surface area contributed by atoms with E-state index in [0.717, 1.165) is 0 Å². The van der Waals surface area contributed by atoms with Gasteiger partial charge >= 0.3 is 11.9 Å². The molecule has 0 atom stereocenters. The third kappa shape index (κ3) is 4.15. The standard InChI is InChI=1S/C20H14Cl2F3N3O4/c1-9(2)12-7-14(21)10-5-3-4-6-11(10)17(12)26-18-13(20(23,24)25)8-15(27(29)30)16(22)19(18)28(31)32/h3-9,26H,1-2H3. The van der Waals surface area contributed by atoms with E-state index in [4.69, 9.17) is 23.2 Å². The van der Waals surface area contributed by atoms with Crippen LogP contribution in [0, 0.1) is 20.2 Å². The van der Waals surface area contributed by atoms with Crippen molar-refractivity contribution in [3.63, 3.8) is 0 Å². The molecule has 0 aliphatic rings. The number of hydrogen-bond donors (Lipinski definition) is 1. The van der Waals surface area contributed by atoms with Gasteiger partial charge in [-0.25, -0.2) is 0 Å². The molecule has 0 unspecified atom stereocenters. The van der Waals surface area contributed by atoms with E-state index >= 15 is 0 Å². The highest BCUT2D eigenvalue weighted by molar-refractivity contribution is 6.36. The summed E-state index contributed by atoms with van der Waals surface area (Å²) < 4.78 is 41.6. The molecule has 3 aromatic carbocycles. The minimum atomic E-state index is -5.15. The molecule has 0 aromatic heterocycles. The van der Waals surface area contributed by atoms with Gasteiger partial charge in [0.15, 0.2) is 5.02 Å². The minimum absolute atomic E-state index is 0.151. The van der Waals surface area contributed by atoms with Crippen molar-refractivity contribution in [1.82, 2.24) is 0 Å². The first-order valence-electron chi connectivity index (χ1n) is 9.05. The van der Waals surface area contributed by atoms with Crippen molar-refractivity contribution < 1.29 is 23.0 Å². The molecule has 0 bridgehead atoms. The second-order valence-corrected chi connectivity index (χ2v) is 7.93. The van der Waals surface area contributed by atoms with Crippen LogP contribution in [-0.2, 0) is 6.18 Å². The Morgan fingerprint density at radius 3 is 2.06 bits per heavy atom. The first-order valence-corrected chi connectivity index (χ1v) is 9.80. The fourth-order valence-electron chi connectivity index (χ4n) is 3.36. The smallest absolute Gasteiger partial charge is 0.349 e. The highest BCUT2D eigenvalue weighted by Gasteiger charge is 2.42. The molecule has 0 spiro atoms. The maximum Gasteiger partial charge on any atom is 0.418 e. The van der Waals surface area contributed by atoms with Crippen molar-refractivity contribution in [3.05, 3.63) is 77.8 Å². The molecular weight excluding hydrogens is 474 g/mol. The number of nitro groups is 2. The average Bonchev–Trinajstić information content (AvgIpc) is 2.68. The van der Waals surface area contributed by atoms with Gasteiger partial charge in [0.25, 0.3) is 5.69 Å². The van der Waals surface area contributed by atoms with Crippen LogP contribution in [-0.4, -0.2) is 9.85 Å². The zero-order chi connectivity index (χ0) is 24.0. The zero-order valence-electron chi connectivity index (χ0n) is 16.5. The Kier molecular flexibility index (Phi) is 6.21. The molecule has 0 radical (unpaired) electrons. The maximum absolute atomic E-state index is 13.9. The lowest BCUT2D eigenvalue weighted by atomic mass is 9.95. The van der Waals surface area contributed by atoms with E-state index in [-0.39, 0.29) is 17.7 Å². The number of nitrogens with one attached hydrogen (secondary N) is 1. The van der Waals surface area contributed by atoms with E-state index in [2.05, 4.69) is 5.32 Å². The lowest BCUT2D eigenvalue weighted by molar-refractivity contribution is -0.393. The van der Waals surface area contributed by atoms with Crippen molar-refractivity contribution in [2.45, 2.75) is 25.9 Å². The van der Waals surface area contributed by atoms with Crippen LogP contribution >= 0.6 is 23.2 Å². The van der Waals surface area contributed by atoms with Crippen LogP contribution in [0.1, 0.15) is 30.9 Å². The molecule has 0 aliphatic heterocycles. The highest BCUT2D eigenvalue weighted by Crippen LogP contribution is 2.50. The molecular formula is C20H14Cl2F3N3O4. The van der Waals surface area contributed by atoms with Gasteiger partial charge in [-0.3, -0.25) is 20.2 Å². The van der Waals surface area contributed by atoms with Crippen molar-refractivity contribution in [2.24, 2.45) is 0 Å². The summed E-state index contributed by atoms with van der Waals surface area (Å²) in [5.74, 6) is -0.235. The number of anilines is 2. The van der Waals surface area contributed by atoms with Gasteiger partial charge in [-0.2, -0.15) is 13.2 Å². The Morgan fingerprint density at radius 2 is 1.56 bits per heavy atom. The monoisotopic (exact) mass is 487 g/mol. The SMILES string of the molecule is CC(C)c1cc(Cl)c2ccccc2c1Nc1c(C(F)(F)F)cc([N+](=O)[O-])c(Cl)c1[N+](=O)[O-]. The second kappa shape index (κ2) is 8.44. The van der Waals surface area contributed by atoms with Gasteiger partial charge < -0.3 is 5.32 Å². The number of rotatable bonds is 5. The van der Waals surface area contributed by atoms with Gasteiger partial charge in [-0.15, -0.1) is 0 Å². The summed E-state index contributed by atoms with van der Waals surface area (Å²) in [5, 5.41) is 25.7. The lowest BCUT2D eigenvalue weighted by Crippen LogP contribution is -2.13. The third-order valence-corrected chi connectivity index (χ3v) is 5.49. The van der Waals surface area contributed by atoms with Crippen LogP contribution in [0.5, 0.6) is 0 Å². The summed E-state index contributed by atoms with van der Waals surface area (Å²) in [7, 11) is 0. The molecule has 0 amide bonds. The molecule has 1 N–H and O–H groups in total. The van der Waals surface area contributed by atoms with E-state index in [1.54, 1.807) is 44.2 Å². The molecule has 32 heavy (non-hydrogen) atoms. The number of nitro benzene ring substituents is 2. The van der Waals surface area contributed by atoms with Crippen LogP contribution in [0.3, 0.4) is 0 Å². The van der Waals surface area contributed by atoms with Crippen molar-refractivity contribution in [1.29, 1.82) is 0 Å². The first kappa shape index (κ1) is 23.6. The van der Waals surface area contributed by atoms with Gasteiger partial charge in [0.05, 0.1) is 21.1 Å². The summed E-state index contributed by atoms with van der Waals surface area (Å²) in [5.41, 5.74) is -4.41. The highest BCUT2D eigenvalue weighted by atomic mass is 35.5. The topological polar surface area (TPSA) is 98.3 Å². The van der Waals surface area contributed by atoms with E-state index in [1.807, 2.05) is 0 Å². The van der Waals surface area contributed by atoms with Gasteiger partial charge in [-0.05, 0) is 17.5 Å². The maximum atomic E-state index is 13.9. The number of benzene rings is 3. The van der Waals surface area contributed by atoms with Gasteiger partial charge in [0.1, 0.15) is 5.69 Å². The third-order valence-electron chi connectivity index (χ3n) is 4.80. The summed E-state index contributed by atoms with van der Waals surface area (Å²) in [6.45, 7) is 3.54. The molecule has 0 heterocycles. The van der Waals surface area contributed by atoms with Crippen LogP contribution in [0.4, 0.5) is 35.9 Å². The van der Waals surface area contributed by atoms with Crippen LogP contribution < -0.4 is 5.32 Å². The molecule has 12 heteroatoms. The summed E-state index contributed by atoms with van der Waals surface area (Å²) in [6.07, 6.45) is -5.15. The number of hydrogen-bond acceptors (Lipinski definition) is 5. The minimum Gasteiger partial charge on any atom is -0.349 e. The second-order valence-electron chi connectivity index (χ2n) is 7.14. The fraction of sp³-hybridized carbons (Fsp3) is 0.200. The van der Waals surface area contributed by atoms with Gasteiger partial charge in [-0.1, -0.05) is 61.3 Å². The van der Waals surface area contributed by atoms with Crippen molar-refractivity contribution >= 4 is 56.7 Å². The van der Waals surface area contributed by atoms with E-state index < -0.39 is 43.7 Å². The molecule has 0 saturated heterocycles. The number of alkyl halides is 3.